The molecule has 0 unspecified atom stereocenters. The third-order valence-electron chi connectivity index (χ3n) is 3.02. The second-order valence-electron chi connectivity index (χ2n) is 4.79. The van der Waals surface area contributed by atoms with E-state index in [0.717, 1.165) is 0 Å². The lowest BCUT2D eigenvalue weighted by atomic mass is 10.3. The van der Waals surface area contributed by atoms with Gasteiger partial charge in [0.05, 0.1) is 12.2 Å². The first-order valence-electron chi connectivity index (χ1n) is 6.82. The minimum absolute atomic E-state index is 0.181. The molecule has 22 heavy (non-hydrogen) atoms. The zero-order valence-electron chi connectivity index (χ0n) is 12.0. The lowest BCUT2D eigenvalue weighted by molar-refractivity contribution is 0.0921. The van der Waals surface area contributed by atoms with Crippen LogP contribution in [0, 0.1) is 0 Å². The number of carbonyl (C=O) groups excluding carboxylic acids is 1. The maximum absolute atomic E-state index is 11.9. The number of aromatic nitrogens is 2. The van der Waals surface area contributed by atoms with Crippen molar-refractivity contribution in [3.63, 3.8) is 0 Å². The molecule has 1 atom stereocenters. The van der Waals surface area contributed by atoms with Crippen molar-refractivity contribution in [1.82, 2.24) is 15.3 Å². The monoisotopic (exact) mass is 301 g/mol. The highest BCUT2D eigenvalue weighted by Crippen LogP contribution is 2.35. The Kier molecular flexibility index (Phi) is 4.04. The molecule has 3 rings (SSSR count). The first-order valence-corrected chi connectivity index (χ1v) is 6.82. The Labute approximate surface area is 127 Å². The van der Waals surface area contributed by atoms with Gasteiger partial charge < -0.3 is 19.5 Å². The van der Waals surface area contributed by atoms with Crippen LogP contribution in [0.15, 0.2) is 36.8 Å². The third kappa shape index (κ3) is 3.25. The van der Waals surface area contributed by atoms with Crippen LogP contribution < -0.4 is 19.5 Å². The molecule has 114 valence electrons. The van der Waals surface area contributed by atoms with Crippen molar-refractivity contribution in [2.75, 3.05) is 13.4 Å². The van der Waals surface area contributed by atoms with Gasteiger partial charge in [-0.1, -0.05) is 0 Å². The highest BCUT2D eigenvalue weighted by atomic mass is 16.7. The van der Waals surface area contributed by atoms with E-state index in [4.69, 9.17) is 14.2 Å². The zero-order chi connectivity index (χ0) is 15.4. The van der Waals surface area contributed by atoms with Crippen LogP contribution in [0.3, 0.4) is 0 Å². The number of benzene rings is 1. The molecule has 1 aliphatic heterocycles. The van der Waals surface area contributed by atoms with Gasteiger partial charge in [0, 0.05) is 18.5 Å². The minimum Gasteiger partial charge on any atom is -0.491 e. The van der Waals surface area contributed by atoms with E-state index in [-0.39, 0.29) is 24.4 Å². The van der Waals surface area contributed by atoms with E-state index in [2.05, 4.69) is 15.3 Å². The van der Waals surface area contributed by atoms with Gasteiger partial charge >= 0.3 is 0 Å². The summed E-state index contributed by atoms with van der Waals surface area (Å²) in [5, 5.41) is 2.80. The van der Waals surface area contributed by atoms with Gasteiger partial charge in [-0.3, -0.25) is 9.78 Å². The molecule has 0 spiro atoms. The molecule has 0 bridgehead atoms. The van der Waals surface area contributed by atoms with Crippen molar-refractivity contribution in [2.24, 2.45) is 0 Å². The molecule has 0 saturated carbocycles. The van der Waals surface area contributed by atoms with E-state index in [1.807, 2.05) is 6.92 Å². The molecule has 7 nitrogen and oxygen atoms in total. The lowest BCUT2D eigenvalue weighted by Crippen LogP contribution is -2.37. The van der Waals surface area contributed by atoms with Gasteiger partial charge in [-0.05, 0) is 19.1 Å². The Hall–Kier alpha value is -2.83. The summed E-state index contributed by atoms with van der Waals surface area (Å²) in [4.78, 5) is 19.7. The number of fused-ring (bicyclic) bond motifs is 1. The number of nitrogens with zero attached hydrogens (tertiary/aromatic N) is 2. The van der Waals surface area contributed by atoms with Crippen molar-refractivity contribution in [1.29, 1.82) is 0 Å². The molecule has 1 aromatic carbocycles. The van der Waals surface area contributed by atoms with E-state index >= 15 is 0 Å². The average molecular weight is 301 g/mol. The van der Waals surface area contributed by atoms with Gasteiger partial charge in [-0.15, -0.1) is 0 Å². The molecule has 1 aliphatic rings. The van der Waals surface area contributed by atoms with Crippen LogP contribution >= 0.6 is 0 Å². The van der Waals surface area contributed by atoms with E-state index in [9.17, 15) is 4.79 Å². The number of nitrogens with one attached hydrogen (secondary N) is 1. The van der Waals surface area contributed by atoms with Crippen LogP contribution in [0.4, 0.5) is 0 Å². The molecule has 1 N–H and O–H groups in total. The van der Waals surface area contributed by atoms with Crippen molar-refractivity contribution in [3.05, 3.63) is 42.5 Å². The number of hydrogen-bond donors (Lipinski definition) is 1. The van der Waals surface area contributed by atoms with E-state index in [1.165, 1.54) is 18.6 Å². The number of rotatable bonds is 5. The fraction of sp³-hybridized carbons (Fsp3) is 0.267. The number of carbonyl (C=O) groups is 1. The summed E-state index contributed by atoms with van der Waals surface area (Å²) in [6, 6.07) is 5.17. The Balaban J connectivity index is 1.52. The third-order valence-corrected chi connectivity index (χ3v) is 3.02. The number of ether oxygens (including phenoxy) is 3. The summed E-state index contributed by atoms with van der Waals surface area (Å²) in [5.74, 6) is 1.74. The van der Waals surface area contributed by atoms with Gasteiger partial charge in [0.1, 0.15) is 18.1 Å². The Bertz CT molecular complexity index is 663. The molecule has 2 aromatic rings. The maximum atomic E-state index is 11.9. The van der Waals surface area contributed by atoms with Crippen molar-refractivity contribution < 1.29 is 19.0 Å². The predicted octanol–water partition coefficient (Wildman–Crippen LogP) is 1.40. The molecule has 1 aromatic heterocycles. The normalized spacial score (nSPS) is 13.5. The second-order valence-corrected chi connectivity index (χ2v) is 4.79. The molecule has 1 amide bonds. The molecule has 2 heterocycles. The van der Waals surface area contributed by atoms with Gasteiger partial charge in [0.25, 0.3) is 5.91 Å². The van der Waals surface area contributed by atoms with Gasteiger partial charge in [-0.25, -0.2) is 4.98 Å². The first kappa shape index (κ1) is 14.1. The fourth-order valence-corrected chi connectivity index (χ4v) is 1.94. The Morgan fingerprint density at radius 2 is 2.23 bits per heavy atom. The average Bonchev–Trinajstić information content (AvgIpc) is 3.01. The minimum atomic E-state index is -0.283. The highest BCUT2D eigenvalue weighted by Gasteiger charge is 2.15. The van der Waals surface area contributed by atoms with Gasteiger partial charge in [-0.2, -0.15) is 0 Å². The van der Waals surface area contributed by atoms with Crippen molar-refractivity contribution >= 4 is 5.91 Å². The molecular weight excluding hydrogens is 286 g/mol. The van der Waals surface area contributed by atoms with Crippen LogP contribution in [0.25, 0.3) is 0 Å². The standard InChI is InChI=1S/C15H15N3O4/c1-10(18-15(19)12-7-16-4-5-17-12)8-20-11-2-3-13-14(6-11)22-9-21-13/h2-7,10H,8-9H2,1H3,(H,18,19)/t10-/m1/s1. The summed E-state index contributed by atoms with van der Waals surface area (Å²) < 4.78 is 16.2. The molecular formula is C15H15N3O4. The predicted molar refractivity (Wildman–Crippen MR) is 77.0 cm³/mol. The first-order chi connectivity index (χ1) is 10.7. The van der Waals surface area contributed by atoms with Crippen LogP contribution in [0.1, 0.15) is 17.4 Å². The van der Waals surface area contributed by atoms with E-state index < -0.39 is 0 Å². The van der Waals surface area contributed by atoms with E-state index in [1.54, 1.807) is 18.2 Å². The summed E-state index contributed by atoms with van der Waals surface area (Å²) in [6.45, 7) is 2.40. The SMILES string of the molecule is C[C@H](COc1ccc2c(c1)OCO2)NC(=O)c1cnccn1. The van der Waals surface area contributed by atoms with E-state index in [0.29, 0.717) is 23.9 Å². The summed E-state index contributed by atoms with van der Waals surface area (Å²) in [5.41, 5.74) is 0.275. The highest BCUT2D eigenvalue weighted by molar-refractivity contribution is 5.92. The summed E-state index contributed by atoms with van der Waals surface area (Å²) in [6.07, 6.45) is 4.41. The van der Waals surface area contributed by atoms with Gasteiger partial charge in [0.2, 0.25) is 6.79 Å². The number of hydrogen-bond acceptors (Lipinski definition) is 6. The number of amides is 1. The molecule has 0 fully saturated rings. The summed E-state index contributed by atoms with van der Waals surface area (Å²) >= 11 is 0. The Morgan fingerprint density at radius 3 is 3.05 bits per heavy atom. The smallest absolute Gasteiger partial charge is 0.271 e. The Morgan fingerprint density at radius 1 is 1.36 bits per heavy atom. The van der Waals surface area contributed by atoms with Crippen molar-refractivity contribution in [3.8, 4) is 17.2 Å². The largest absolute Gasteiger partial charge is 0.491 e. The van der Waals surface area contributed by atoms with Crippen LogP contribution in [-0.4, -0.2) is 35.3 Å². The van der Waals surface area contributed by atoms with Crippen LogP contribution in [0.5, 0.6) is 17.2 Å². The zero-order valence-corrected chi connectivity index (χ0v) is 12.0. The molecule has 7 heteroatoms. The molecule has 0 radical (unpaired) electrons. The van der Waals surface area contributed by atoms with Crippen LogP contribution in [-0.2, 0) is 0 Å². The lowest BCUT2D eigenvalue weighted by Gasteiger charge is -2.14. The topological polar surface area (TPSA) is 82.6 Å². The second kappa shape index (κ2) is 6.30. The quantitative estimate of drug-likeness (QED) is 0.899. The molecule has 0 aliphatic carbocycles. The molecule has 0 saturated heterocycles. The fourth-order valence-electron chi connectivity index (χ4n) is 1.94. The maximum Gasteiger partial charge on any atom is 0.271 e. The van der Waals surface area contributed by atoms with Gasteiger partial charge in [0.15, 0.2) is 11.5 Å². The van der Waals surface area contributed by atoms with Crippen LogP contribution in [0.2, 0.25) is 0 Å². The summed E-state index contributed by atoms with van der Waals surface area (Å²) in [7, 11) is 0. The van der Waals surface area contributed by atoms with Crippen molar-refractivity contribution in [2.45, 2.75) is 13.0 Å².